The molecule has 1 N–H and O–H groups in total. The maximum absolute atomic E-state index is 12.3. The second-order valence-corrected chi connectivity index (χ2v) is 6.94. The fourth-order valence-corrected chi connectivity index (χ4v) is 4.25. The number of benzene rings is 1. The lowest BCUT2D eigenvalue weighted by Gasteiger charge is -2.40. The first kappa shape index (κ1) is 15.0. The summed E-state index contributed by atoms with van der Waals surface area (Å²) in [7, 11) is 0. The van der Waals surface area contributed by atoms with Gasteiger partial charge in [-0.2, -0.15) is 0 Å². The molecule has 4 rings (SSSR count). The van der Waals surface area contributed by atoms with E-state index in [1.165, 1.54) is 0 Å². The van der Waals surface area contributed by atoms with E-state index >= 15 is 0 Å². The van der Waals surface area contributed by atoms with Crippen LogP contribution in [-0.4, -0.2) is 46.3 Å². The standard InChI is InChI=1S/C18H25N3O2/c1-13-12-15(8-11-23-13)20-9-6-14(7-10-20)21-17-5-3-2-4-16(17)19-18(21)22/h2-5,13-15H,6-12H2,1H3,(H,19,22)/t13-,15-/m1/s1. The molecule has 5 nitrogen and oxygen atoms in total. The van der Waals surface area contributed by atoms with E-state index in [0.717, 1.165) is 56.4 Å². The van der Waals surface area contributed by atoms with Gasteiger partial charge in [0.1, 0.15) is 0 Å². The van der Waals surface area contributed by atoms with Gasteiger partial charge in [0.05, 0.1) is 17.1 Å². The minimum absolute atomic E-state index is 0.0318. The van der Waals surface area contributed by atoms with Crippen LogP contribution in [0.5, 0.6) is 0 Å². The molecule has 124 valence electrons. The average molecular weight is 315 g/mol. The number of hydrogen-bond donors (Lipinski definition) is 1. The summed E-state index contributed by atoms with van der Waals surface area (Å²) in [5.41, 5.74) is 2.01. The van der Waals surface area contributed by atoms with Crippen molar-refractivity contribution in [2.24, 2.45) is 0 Å². The summed E-state index contributed by atoms with van der Waals surface area (Å²) < 4.78 is 7.64. The van der Waals surface area contributed by atoms with Gasteiger partial charge >= 0.3 is 5.69 Å². The number of imidazole rings is 1. The first-order chi connectivity index (χ1) is 11.2. The maximum Gasteiger partial charge on any atom is 0.326 e. The third kappa shape index (κ3) is 2.83. The smallest absolute Gasteiger partial charge is 0.326 e. The highest BCUT2D eigenvalue weighted by molar-refractivity contribution is 5.75. The molecule has 2 saturated heterocycles. The van der Waals surface area contributed by atoms with Crippen LogP contribution in [0, 0.1) is 0 Å². The number of nitrogens with one attached hydrogen (secondary N) is 1. The number of H-pyrrole nitrogens is 1. The van der Waals surface area contributed by atoms with E-state index in [1.807, 2.05) is 28.8 Å². The van der Waals surface area contributed by atoms with Gasteiger partial charge in [0.2, 0.25) is 0 Å². The zero-order chi connectivity index (χ0) is 15.8. The van der Waals surface area contributed by atoms with Gasteiger partial charge < -0.3 is 14.6 Å². The highest BCUT2D eigenvalue weighted by Crippen LogP contribution is 2.28. The molecule has 2 aliphatic heterocycles. The van der Waals surface area contributed by atoms with Gasteiger partial charge in [0.25, 0.3) is 0 Å². The van der Waals surface area contributed by atoms with E-state index in [4.69, 9.17) is 4.74 Å². The summed E-state index contributed by atoms with van der Waals surface area (Å²) >= 11 is 0. The minimum Gasteiger partial charge on any atom is -0.378 e. The van der Waals surface area contributed by atoms with Crippen LogP contribution in [0.1, 0.15) is 38.6 Å². The fourth-order valence-electron chi connectivity index (χ4n) is 4.25. The van der Waals surface area contributed by atoms with Crippen molar-refractivity contribution in [3.63, 3.8) is 0 Å². The van der Waals surface area contributed by atoms with E-state index in [0.29, 0.717) is 18.2 Å². The van der Waals surface area contributed by atoms with Crippen LogP contribution >= 0.6 is 0 Å². The van der Waals surface area contributed by atoms with Crippen LogP contribution in [0.15, 0.2) is 29.1 Å². The molecule has 0 spiro atoms. The predicted octanol–water partition coefficient (Wildman–Crippen LogP) is 2.53. The first-order valence-electron chi connectivity index (χ1n) is 8.77. The van der Waals surface area contributed by atoms with Crippen LogP contribution in [-0.2, 0) is 4.74 Å². The Bertz CT molecular complexity index is 727. The number of aromatic amines is 1. The molecule has 2 aromatic rings. The van der Waals surface area contributed by atoms with Gasteiger partial charge in [-0.15, -0.1) is 0 Å². The van der Waals surface area contributed by atoms with Crippen LogP contribution in [0.4, 0.5) is 0 Å². The topological polar surface area (TPSA) is 50.3 Å². The average Bonchev–Trinajstić information content (AvgIpc) is 2.91. The first-order valence-corrected chi connectivity index (χ1v) is 8.77. The summed E-state index contributed by atoms with van der Waals surface area (Å²) in [4.78, 5) is 17.9. The van der Waals surface area contributed by atoms with Gasteiger partial charge in [-0.3, -0.25) is 4.57 Å². The normalized spacial score (nSPS) is 27.5. The highest BCUT2D eigenvalue weighted by Gasteiger charge is 2.30. The van der Waals surface area contributed by atoms with Crippen LogP contribution in [0.3, 0.4) is 0 Å². The number of aromatic nitrogens is 2. The molecular weight excluding hydrogens is 290 g/mol. The summed E-state index contributed by atoms with van der Waals surface area (Å²) in [6.45, 7) is 5.21. The Hall–Kier alpha value is -1.59. The lowest BCUT2D eigenvalue weighted by Crippen LogP contribution is -2.46. The monoisotopic (exact) mass is 315 g/mol. The van der Waals surface area contributed by atoms with E-state index in [-0.39, 0.29) is 5.69 Å². The van der Waals surface area contributed by atoms with Crippen molar-refractivity contribution in [2.45, 2.75) is 50.8 Å². The molecule has 0 aliphatic carbocycles. The van der Waals surface area contributed by atoms with Gasteiger partial charge in [-0.25, -0.2) is 4.79 Å². The molecular formula is C18H25N3O2. The van der Waals surface area contributed by atoms with Crippen molar-refractivity contribution in [3.8, 4) is 0 Å². The van der Waals surface area contributed by atoms with E-state index < -0.39 is 0 Å². The number of fused-ring (bicyclic) bond motifs is 1. The predicted molar refractivity (Wildman–Crippen MR) is 90.8 cm³/mol. The van der Waals surface area contributed by atoms with Crippen molar-refractivity contribution >= 4 is 11.0 Å². The molecule has 3 heterocycles. The molecule has 2 fully saturated rings. The Labute approximate surface area is 136 Å². The Morgan fingerprint density at radius 3 is 2.70 bits per heavy atom. The second-order valence-electron chi connectivity index (χ2n) is 6.94. The molecule has 5 heteroatoms. The SMILES string of the molecule is C[C@@H]1C[C@H](N2CCC(n3c(=O)[nH]c4ccccc43)CC2)CCO1. The van der Waals surface area contributed by atoms with Crippen molar-refractivity contribution in [3.05, 3.63) is 34.7 Å². The highest BCUT2D eigenvalue weighted by atomic mass is 16.5. The van der Waals surface area contributed by atoms with Gasteiger partial charge in [0.15, 0.2) is 0 Å². The number of hydrogen-bond acceptors (Lipinski definition) is 3. The zero-order valence-electron chi connectivity index (χ0n) is 13.7. The third-order valence-electron chi connectivity index (χ3n) is 5.46. The van der Waals surface area contributed by atoms with Crippen molar-refractivity contribution in [1.29, 1.82) is 0 Å². The number of ether oxygens (including phenoxy) is 1. The van der Waals surface area contributed by atoms with Gasteiger partial charge in [0, 0.05) is 31.8 Å². The fraction of sp³-hybridized carbons (Fsp3) is 0.611. The molecule has 0 saturated carbocycles. The lowest BCUT2D eigenvalue weighted by molar-refractivity contribution is -0.0241. The maximum atomic E-state index is 12.3. The minimum atomic E-state index is 0.0318. The molecule has 1 aromatic heterocycles. The van der Waals surface area contributed by atoms with E-state index in [1.54, 1.807) is 0 Å². The Morgan fingerprint density at radius 1 is 1.13 bits per heavy atom. The molecule has 23 heavy (non-hydrogen) atoms. The number of piperidine rings is 1. The van der Waals surface area contributed by atoms with Crippen molar-refractivity contribution in [2.75, 3.05) is 19.7 Å². The molecule has 0 amide bonds. The Kier molecular flexibility index (Phi) is 3.99. The Morgan fingerprint density at radius 2 is 1.91 bits per heavy atom. The van der Waals surface area contributed by atoms with Crippen molar-refractivity contribution < 1.29 is 4.74 Å². The van der Waals surface area contributed by atoms with Crippen LogP contribution in [0.25, 0.3) is 11.0 Å². The van der Waals surface area contributed by atoms with Crippen LogP contribution in [0.2, 0.25) is 0 Å². The molecule has 1 aromatic carbocycles. The summed E-state index contributed by atoms with van der Waals surface area (Å²) in [5, 5.41) is 0. The summed E-state index contributed by atoms with van der Waals surface area (Å²) in [6.07, 6.45) is 4.75. The van der Waals surface area contributed by atoms with Crippen molar-refractivity contribution in [1.82, 2.24) is 14.5 Å². The molecule has 2 aliphatic rings. The number of para-hydroxylation sites is 2. The lowest BCUT2D eigenvalue weighted by atomic mass is 9.97. The number of nitrogens with zero attached hydrogens (tertiary/aromatic N) is 2. The summed E-state index contributed by atoms with van der Waals surface area (Å²) in [6, 6.07) is 8.96. The third-order valence-corrected chi connectivity index (χ3v) is 5.46. The zero-order valence-corrected chi connectivity index (χ0v) is 13.7. The van der Waals surface area contributed by atoms with Gasteiger partial charge in [-0.1, -0.05) is 12.1 Å². The molecule has 0 radical (unpaired) electrons. The van der Waals surface area contributed by atoms with E-state index in [2.05, 4.69) is 16.8 Å². The second kappa shape index (κ2) is 6.13. The molecule has 0 bridgehead atoms. The number of rotatable bonds is 2. The van der Waals surface area contributed by atoms with Crippen LogP contribution < -0.4 is 5.69 Å². The number of likely N-dealkylation sites (tertiary alicyclic amines) is 1. The van der Waals surface area contributed by atoms with E-state index in [9.17, 15) is 4.79 Å². The Balaban J connectivity index is 1.49. The largest absolute Gasteiger partial charge is 0.378 e. The molecule has 0 unspecified atom stereocenters. The quantitative estimate of drug-likeness (QED) is 0.926. The van der Waals surface area contributed by atoms with Gasteiger partial charge in [-0.05, 0) is 44.7 Å². The molecule has 2 atom stereocenters. The summed E-state index contributed by atoms with van der Waals surface area (Å²) in [5.74, 6) is 0.